The van der Waals surface area contributed by atoms with Crippen LogP contribution in [-0.2, 0) is 9.53 Å². The van der Waals surface area contributed by atoms with Crippen LogP contribution in [0.4, 0.5) is 0 Å². The average molecular weight is 477 g/mol. The molecule has 2 aliphatic heterocycles. The van der Waals surface area contributed by atoms with Gasteiger partial charge in [-0.25, -0.2) is 0 Å². The number of aliphatic hydroxyl groups excluding tert-OH is 1. The summed E-state index contributed by atoms with van der Waals surface area (Å²) in [6.45, 7) is 0.481. The van der Waals surface area contributed by atoms with E-state index in [4.69, 9.17) is 16.3 Å². The van der Waals surface area contributed by atoms with Crippen LogP contribution in [0, 0.1) is 5.92 Å². The maximum Gasteiger partial charge on any atom is 0.262 e. The number of thiophene rings is 1. The number of fused-ring (bicyclic) bond motifs is 1. The van der Waals surface area contributed by atoms with Gasteiger partial charge in [-0.1, -0.05) is 12.8 Å². The Hall–Kier alpha value is -2.07. The first-order valence-corrected chi connectivity index (χ1v) is 12.2. The molecule has 3 fully saturated rings. The van der Waals surface area contributed by atoms with Gasteiger partial charge in [0.25, 0.3) is 5.91 Å². The summed E-state index contributed by atoms with van der Waals surface area (Å²) in [4.78, 5) is 29.8. The highest BCUT2D eigenvalue weighted by atomic mass is 35.5. The molecule has 1 saturated carbocycles. The molecule has 5 rings (SSSR count). The molecular formula is C22H25ClN4O4S. The fraction of sp³-hybridized carbons (Fsp3) is 0.545. The first-order valence-electron chi connectivity index (χ1n) is 10.9. The van der Waals surface area contributed by atoms with Crippen LogP contribution in [0.2, 0.25) is 0 Å². The SMILES string of the molecule is O=C(N[C@H](C(=O)N1C[C@H](Cl)[C@H]2OC[C@H](O)[C@H]21)C1CCCC1)c1ccc(-c2ccnnc2)s1. The number of amides is 2. The quantitative estimate of drug-likeness (QED) is 0.640. The number of aliphatic hydroxyl groups is 1. The van der Waals surface area contributed by atoms with Crippen LogP contribution < -0.4 is 5.32 Å². The number of carbonyl (C=O) groups is 2. The number of hydrogen-bond acceptors (Lipinski definition) is 7. The lowest BCUT2D eigenvalue weighted by Crippen LogP contribution is -2.55. The summed E-state index contributed by atoms with van der Waals surface area (Å²) in [7, 11) is 0. The van der Waals surface area contributed by atoms with Crippen molar-refractivity contribution in [1.29, 1.82) is 0 Å². The molecule has 10 heteroatoms. The van der Waals surface area contributed by atoms with Gasteiger partial charge in [0.1, 0.15) is 12.1 Å². The summed E-state index contributed by atoms with van der Waals surface area (Å²) in [5.74, 6) is -0.375. The number of nitrogens with zero attached hydrogens (tertiary/aromatic N) is 3. The Bertz CT molecular complexity index is 983. The highest BCUT2D eigenvalue weighted by Gasteiger charge is 2.53. The fourth-order valence-electron chi connectivity index (χ4n) is 5.09. The summed E-state index contributed by atoms with van der Waals surface area (Å²) >= 11 is 7.77. The molecule has 5 atom stereocenters. The number of likely N-dealkylation sites (tertiary alicyclic amines) is 1. The van der Waals surface area contributed by atoms with E-state index >= 15 is 0 Å². The molecule has 1 aliphatic carbocycles. The van der Waals surface area contributed by atoms with Gasteiger partial charge < -0.3 is 20.1 Å². The minimum atomic E-state index is -0.763. The number of nitrogens with one attached hydrogen (secondary N) is 1. The number of rotatable bonds is 5. The van der Waals surface area contributed by atoms with Gasteiger partial charge in [0, 0.05) is 17.0 Å². The molecule has 2 saturated heterocycles. The minimum absolute atomic E-state index is 0.0718. The first kappa shape index (κ1) is 21.8. The van der Waals surface area contributed by atoms with Gasteiger partial charge in [-0.3, -0.25) is 9.59 Å². The molecular weight excluding hydrogens is 452 g/mol. The maximum absolute atomic E-state index is 13.6. The molecule has 0 aromatic carbocycles. The molecule has 8 nitrogen and oxygen atoms in total. The van der Waals surface area contributed by atoms with Gasteiger partial charge in [0.05, 0.1) is 41.4 Å². The average Bonchev–Trinajstić information content (AvgIpc) is 3.59. The lowest BCUT2D eigenvalue weighted by Gasteiger charge is -2.32. The lowest BCUT2D eigenvalue weighted by atomic mass is 9.96. The Kier molecular flexibility index (Phi) is 6.16. The number of aromatic nitrogens is 2. The zero-order valence-electron chi connectivity index (χ0n) is 17.4. The monoisotopic (exact) mass is 476 g/mol. The van der Waals surface area contributed by atoms with Crippen LogP contribution >= 0.6 is 22.9 Å². The van der Waals surface area contributed by atoms with Crippen LogP contribution in [-0.4, -0.2) is 74.8 Å². The van der Waals surface area contributed by atoms with Crippen molar-refractivity contribution in [3.05, 3.63) is 35.5 Å². The minimum Gasteiger partial charge on any atom is -0.388 e. The predicted octanol–water partition coefficient (Wildman–Crippen LogP) is 2.07. The smallest absolute Gasteiger partial charge is 0.262 e. The molecule has 3 aliphatic rings. The van der Waals surface area contributed by atoms with Gasteiger partial charge >= 0.3 is 0 Å². The van der Waals surface area contributed by atoms with Gasteiger partial charge in [0.15, 0.2) is 0 Å². The standard InChI is InChI=1S/C22H25ClN4O4S/c23-14-10-27(19-15(28)11-31-20(14)19)22(30)18(12-3-1-2-4-12)26-21(29)17-6-5-16(32-17)13-7-8-24-25-9-13/h5-9,12,14-15,18-20,28H,1-4,10-11H2,(H,26,29)/t14-,15-,18-,19+,20+/m0/s1. The molecule has 4 heterocycles. The highest BCUT2D eigenvalue weighted by molar-refractivity contribution is 7.17. The van der Waals surface area contributed by atoms with Crippen LogP contribution in [0.15, 0.2) is 30.6 Å². The zero-order valence-corrected chi connectivity index (χ0v) is 19.0. The van der Waals surface area contributed by atoms with E-state index in [0.29, 0.717) is 11.4 Å². The van der Waals surface area contributed by atoms with E-state index in [2.05, 4.69) is 15.5 Å². The van der Waals surface area contributed by atoms with Crippen molar-refractivity contribution in [2.24, 2.45) is 5.92 Å². The Balaban J connectivity index is 1.35. The van der Waals surface area contributed by atoms with Crippen molar-refractivity contribution in [3.63, 3.8) is 0 Å². The Morgan fingerprint density at radius 2 is 2.06 bits per heavy atom. The highest BCUT2D eigenvalue weighted by Crippen LogP contribution is 2.36. The second kappa shape index (κ2) is 9.05. The fourth-order valence-corrected chi connectivity index (χ4v) is 6.36. The third-order valence-electron chi connectivity index (χ3n) is 6.68. The predicted molar refractivity (Wildman–Crippen MR) is 119 cm³/mol. The molecule has 2 N–H and O–H groups in total. The van der Waals surface area contributed by atoms with Crippen LogP contribution in [0.25, 0.3) is 10.4 Å². The van der Waals surface area contributed by atoms with E-state index in [-0.39, 0.29) is 35.8 Å². The van der Waals surface area contributed by atoms with Crippen LogP contribution in [0.3, 0.4) is 0 Å². The molecule has 170 valence electrons. The summed E-state index contributed by atoms with van der Waals surface area (Å²) in [5, 5.41) is 20.7. The van der Waals surface area contributed by atoms with E-state index in [1.165, 1.54) is 11.3 Å². The van der Waals surface area contributed by atoms with Crippen molar-refractivity contribution in [3.8, 4) is 10.4 Å². The number of carbonyl (C=O) groups excluding carboxylic acids is 2. The number of hydrogen-bond donors (Lipinski definition) is 2. The van der Waals surface area contributed by atoms with Crippen LogP contribution in [0.1, 0.15) is 35.4 Å². The second-order valence-electron chi connectivity index (χ2n) is 8.65. The van der Waals surface area contributed by atoms with Crippen molar-refractivity contribution in [1.82, 2.24) is 20.4 Å². The lowest BCUT2D eigenvalue weighted by molar-refractivity contribution is -0.137. The number of ether oxygens (including phenoxy) is 1. The van der Waals surface area contributed by atoms with E-state index < -0.39 is 18.2 Å². The molecule has 2 aromatic rings. The summed E-state index contributed by atoms with van der Waals surface area (Å²) in [6, 6.07) is 4.37. The van der Waals surface area contributed by atoms with Crippen molar-refractivity contribution in [2.75, 3.05) is 13.2 Å². The van der Waals surface area contributed by atoms with E-state index in [1.807, 2.05) is 12.1 Å². The third-order valence-corrected chi connectivity index (χ3v) is 8.20. The number of halogens is 1. The molecule has 0 bridgehead atoms. The number of alkyl halides is 1. The van der Waals surface area contributed by atoms with Gasteiger partial charge in [-0.15, -0.1) is 22.9 Å². The normalized spacial score (nSPS) is 28.6. The molecule has 32 heavy (non-hydrogen) atoms. The van der Waals surface area contributed by atoms with Crippen LogP contribution in [0.5, 0.6) is 0 Å². The zero-order chi connectivity index (χ0) is 22.2. The van der Waals surface area contributed by atoms with Crippen molar-refractivity contribution >= 4 is 34.8 Å². The topological polar surface area (TPSA) is 105 Å². The first-order chi connectivity index (χ1) is 15.5. The van der Waals surface area contributed by atoms with Gasteiger partial charge in [-0.05, 0) is 37.0 Å². The van der Waals surface area contributed by atoms with Gasteiger partial charge in [0.2, 0.25) is 5.91 Å². The Labute approximate surface area is 194 Å². The second-order valence-corrected chi connectivity index (χ2v) is 10.3. The summed E-state index contributed by atoms with van der Waals surface area (Å²) in [6.07, 6.45) is 5.99. The molecule has 2 amide bonds. The van der Waals surface area contributed by atoms with Crippen molar-refractivity contribution < 1.29 is 19.4 Å². The molecule has 0 radical (unpaired) electrons. The Morgan fingerprint density at radius 1 is 1.25 bits per heavy atom. The third kappa shape index (κ3) is 4.03. The summed E-state index contributed by atoms with van der Waals surface area (Å²) in [5.41, 5.74) is 0.888. The maximum atomic E-state index is 13.6. The molecule has 0 unspecified atom stereocenters. The van der Waals surface area contributed by atoms with E-state index in [1.54, 1.807) is 23.4 Å². The molecule has 2 aromatic heterocycles. The summed E-state index contributed by atoms with van der Waals surface area (Å²) < 4.78 is 5.61. The van der Waals surface area contributed by atoms with Crippen molar-refractivity contribution in [2.45, 2.75) is 55.4 Å². The van der Waals surface area contributed by atoms with E-state index in [0.717, 1.165) is 36.1 Å². The largest absolute Gasteiger partial charge is 0.388 e. The Morgan fingerprint density at radius 3 is 2.81 bits per heavy atom. The molecule has 0 spiro atoms. The van der Waals surface area contributed by atoms with E-state index in [9.17, 15) is 14.7 Å². The van der Waals surface area contributed by atoms with Gasteiger partial charge in [-0.2, -0.15) is 10.2 Å².